The van der Waals surface area contributed by atoms with Crippen molar-refractivity contribution in [3.05, 3.63) is 54.0 Å². The lowest BCUT2D eigenvalue weighted by atomic mass is 10.0. The minimum atomic E-state index is -0.0467. The zero-order valence-corrected chi connectivity index (χ0v) is 16.3. The van der Waals surface area contributed by atoms with Gasteiger partial charge in [0.1, 0.15) is 12.1 Å². The lowest BCUT2D eigenvalue weighted by molar-refractivity contribution is 0.0946. The van der Waals surface area contributed by atoms with Crippen LogP contribution in [-0.4, -0.2) is 48.2 Å². The van der Waals surface area contributed by atoms with Gasteiger partial charge in [-0.2, -0.15) is 0 Å². The van der Waals surface area contributed by atoms with Gasteiger partial charge in [0.15, 0.2) is 0 Å². The maximum Gasteiger partial charge on any atom is 0.251 e. The van der Waals surface area contributed by atoms with E-state index in [9.17, 15) is 4.79 Å². The maximum atomic E-state index is 12.5. The number of benzene rings is 1. The molecule has 1 aliphatic rings. The van der Waals surface area contributed by atoms with Gasteiger partial charge in [0.05, 0.1) is 12.1 Å². The second-order valence-electron chi connectivity index (χ2n) is 7.47. The van der Waals surface area contributed by atoms with Gasteiger partial charge >= 0.3 is 0 Å². The molecular weight excluding hydrogens is 340 g/mol. The highest BCUT2D eigenvalue weighted by Gasteiger charge is 2.33. The molecule has 1 N–H and O–H groups in total. The molecule has 0 bridgehead atoms. The first-order chi connectivity index (χ1) is 13.1. The summed E-state index contributed by atoms with van der Waals surface area (Å²) in [5, 5.41) is 3.07. The average molecular weight is 368 g/mol. The van der Waals surface area contributed by atoms with Gasteiger partial charge in [-0.1, -0.05) is 26.0 Å². The highest BCUT2D eigenvalue weighted by Crippen LogP contribution is 2.24. The van der Waals surface area contributed by atoms with Gasteiger partial charge in [0.2, 0.25) is 0 Å². The fraction of sp³-hybridized carbons (Fsp3) is 0.476. The van der Waals surface area contributed by atoms with Gasteiger partial charge in [-0.05, 0) is 42.5 Å². The molecule has 0 spiro atoms. The zero-order chi connectivity index (χ0) is 19.2. The first-order valence-corrected chi connectivity index (χ1v) is 9.49. The molecule has 2 atom stereocenters. The van der Waals surface area contributed by atoms with Crippen molar-refractivity contribution in [1.29, 1.82) is 0 Å². The first kappa shape index (κ1) is 19.3. The van der Waals surface area contributed by atoms with Gasteiger partial charge in [-0.25, -0.2) is 9.97 Å². The standard InChI is InChI=1S/C21H28N4O2/c1-15(2)10-16-4-6-17(7-5-16)21(26)23-12-18-11-19(27-3)13-25(18)20-8-9-22-14-24-20/h4-9,14-15,18-19H,10-13H2,1-3H3,(H,23,26)/t18-,19-/m0/s1. The molecule has 2 aromatic rings. The van der Waals surface area contributed by atoms with Crippen molar-refractivity contribution in [1.82, 2.24) is 15.3 Å². The van der Waals surface area contributed by atoms with Crippen LogP contribution in [0.1, 0.15) is 36.2 Å². The summed E-state index contributed by atoms with van der Waals surface area (Å²) in [7, 11) is 1.72. The molecule has 1 saturated heterocycles. The zero-order valence-electron chi connectivity index (χ0n) is 16.3. The lowest BCUT2D eigenvalue weighted by Gasteiger charge is -2.25. The summed E-state index contributed by atoms with van der Waals surface area (Å²) in [5.41, 5.74) is 1.95. The Hall–Kier alpha value is -2.47. The molecule has 0 unspecified atom stereocenters. The largest absolute Gasteiger partial charge is 0.380 e. The molecule has 1 fully saturated rings. The van der Waals surface area contributed by atoms with Gasteiger partial charge < -0.3 is 15.0 Å². The molecule has 27 heavy (non-hydrogen) atoms. The SMILES string of the molecule is CO[C@H]1C[C@@H](CNC(=O)c2ccc(CC(C)C)cc2)N(c2ccncn2)C1. The normalized spacial score (nSPS) is 19.5. The van der Waals surface area contributed by atoms with E-state index in [0.717, 1.165) is 25.2 Å². The third-order valence-corrected chi connectivity index (χ3v) is 4.93. The fourth-order valence-corrected chi connectivity index (χ4v) is 3.55. The van der Waals surface area contributed by atoms with Crippen LogP contribution >= 0.6 is 0 Å². The number of amides is 1. The summed E-state index contributed by atoms with van der Waals surface area (Å²) < 4.78 is 5.53. The van der Waals surface area contributed by atoms with Crippen LogP contribution in [0.2, 0.25) is 0 Å². The van der Waals surface area contributed by atoms with Crippen LogP contribution in [0.15, 0.2) is 42.9 Å². The van der Waals surface area contributed by atoms with Crippen molar-refractivity contribution < 1.29 is 9.53 Å². The van der Waals surface area contributed by atoms with E-state index in [2.05, 4.69) is 34.0 Å². The minimum absolute atomic E-state index is 0.0467. The number of hydrogen-bond donors (Lipinski definition) is 1. The van der Waals surface area contributed by atoms with E-state index in [1.165, 1.54) is 5.56 Å². The maximum absolute atomic E-state index is 12.5. The number of hydrogen-bond acceptors (Lipinski definition) is 5. The number of rotatable bonds is 7. The van der Waals surface area contributed by atoms with Crippen LogP contribution in [0.3, 0.4) is 0 Å². The third-order valence-electron chi connectivity index (χ3n) is 4.93. The van der Waals surface area contributed by atoms with Crippen molar-refractivity contribution in [2.24, 2.45) is 5.92 Å². The fourth-order valence-electron chi connectivity index (χ4n) is 3.55. The van der Waals surface area contributed by atoms with Gasteiger partial charge in [0.25, 0.3) is 5.91 Å². The monoisotopic (exact) mass is 368 g/mol. The number of anilines is 1. The Labute approximate surface area is 161 Å². The van der Waals surface area contributed by atoms with E-state index < -0.39 is 0 Å². The van der Waals surface area contributed by atoms with E-state index in [0.29, 0.717) is 18.0 Å². The van der Waals surface area contributed by atoms with Crippen LogP contribution in [0, 0.1) is 5.92 Å². The summed E-state index contributed by atoms with van der Waals surface area (Å²) in [5.74, 6) is 1.42. The number of methoxy groups -OCH3 is 1. The van der Waals surface area contributed by atoms with Crippen molar-refractivity contribution in [2.75, 3.05) is 25.1 Å². The third kappa shape index (κ3) is 5.04. The smallest absolute Gasteiger partial charge is 0.251 e. The number of ether oxygens (including phenoxy) is 1. The molecular formula is C21H28N4O2. The summed E-state index contributed by atoms with van der Waals surface area (Å²) >= 11 is 0. The molecule has 6 nitrogen and oxygen atoms in total. The number of carbonyl (C=O) groups excluding carboxylic acids is 1. The Kier molecular flexibility index (Phi) is 6.40. The molecule has 0 saturated carbocycles. The molecule has 6 heteroatoms. The number of nitrogens with one attached hydrogen (secondary N) is 1. The average Bonchev–Trinajstić information content (AvgIpc) is 3.10. The topological polar surface area (TPSA) is 67.3 Å². The van der Waals surface area contributed by atoms with Crippen LogP contribution in [-0.2, 0) is 11.2 Å². The number of aromatic nitrogens is 2. The summed E-state index contributed by atoms with van der Waals surface area (Å²) in [6.45, 7) is 5.70. The quantitative estimate of drug-likeness (QED) is 0.814. The molecule has 1 aromatic heterocycles. The van der Waals surface area contributed by atoms with E-state index in [-0.39, 0.29) is 18.1 Å². The van der Waals surface area contributed by atoms with Gasteiger partial charge in [-0.3, -0.25) is 4.79 Å². The van der Waals surface area contributed by atoms with Crippen molar-refractivity contribution in [2.45, 2.75) is 38.8 Å². The van der Waals surface area contributed by atoms with Crippen molar-refractivity contribution in [3.8, 4) is 0 Å². The van der Waals surface area contributed by atoms with Gasteiger partial charge in [-0.15, -0.1) is 0 Å². The van der Waals surface area contributed by atoms with Crippen LogP contribution in [0.5, 0.6) is 0 Å². The number of nitrogens with zero attached hydrogens (tertiary/aromatic N) is 3. The molecule has 0 aliphatic carbocycles. The predicted octanol–water partition coefficient (Wildman–Crippen LogP) is 2.70. The van der Waals surface area contributed by atoms with Crippen LogP contribution in [0.25, 0.3) is 0 Å². The Bertz CT molecular complexity index is 734. The van der Waals surface area contributed by atoms with Crippen molar-refractivity contribution in [3.63, 3.8) is 0 Å². The summed E-state index contributed by atoms with van der Waals surface area (Å²) in [4.78, 5) is 23.1. The molecule has 1 amide bonds. The second kappa shape index (κ2) is 8.95. The predicted molar refractivity (Wildman–Crippen MR) is 106 cm³/mol. The Morgan fingerprint density at radius 3 is 2.70 bits per heavy atom. The van der Waals surface area contributed by atoms with E-state index in [1.54, 1.807) is 19.6 Å². The number of carbonyl (C=O) groups is 1. The molecule has 1 aliphatic heterocycles. The Balaban J connectivity index is 1.61. The summed E-state index contributed by atoms with van der Waals surface area (Å²) in [6.07, 6.45) is 5.29. The molecule has 0 radical (unpaired) electrons. The Morgan fingerprint density at radius 1 is 1.30 bits per heavy atom. The second-order valence-corrected chi connectivity index (χ2v) is 7.47. The van der Waals surface area contributed by atoms with Crippen LogP contribution in [0.4, 0.5) is 5.82 Å². The first-order valence-electron chi connectivity index (χ1n) is 9.49. The molecule has 3 rings (SSSR count). The van der Waals surface area contributed by atoms with Crippen molar-refractivity contribution >= 4 is 11.7 Å². The van der Waals surface area contributed by atoms with Gasteiger partial charge in [0, 0.05) is 32.0 Å². The van der Waals surface area contributed by atoms with E-state index in [4.69, 9.17) is 4.74 Å². The minimum Gasteiger partial charge on any atom is -0.380 e. The molecule has 144 valence electrons. The van der Waals surface area contributed by atoms with E-state index in [1.807, 2.05) is 30.3 Å². The molecule has 2 heterocycles. The van der Waals surface area contributed by atoms with E-state index >= 15 is 0 Å². The lowest BCUT2D eigenvalue weighted by Crippen LogP contribution is -2.40. The summed E-state index contributed by atoms with van der Waals surface area (Å²) in [6, 6.07) is 9.93. The van der Waals surface area contributed by atoms with Crippen LogP contribution < -0.4 is 10.2 Å². The highest BCUT2D eigenvalue weighted by molar-refractivity contribution is 5.94. The molecule has 1 aromatic carbocycles. The Morgan fingerprint density at radius 2 is 2.07 bits per heavy atom. The highest BCUT2D eigenvalue weighted by atomic mass is 16.5.